The molecule has 1 aliphatic carbocycles. The summed E-state index contributed by atoms with van der Waals surface area (Å²) in [7, 11) is -2.17. The van der Waals surface area contributed by atoms with Crippen LogP contribution in [0.5, 0.6) is 11.5 Å². The number of methoxy groups -OCH3 is 1. The summed E-state index contributed by atoms with van der Waals surface area (Å²) in [5, 5.41) is 10.9. The molecular formula is C25H26N6O5S. The number of hydrogen-bond donors (Lipinski definition) is 2. The number of benzene rings is 1. The SMILES string of the molecule is CCOC1=NC(c2nc3nc(CC4CCC4)c(NS(C)(=O)=O)nc3n2-c2c(O)cccc2OC)=C=C=C1. The lowest BCUT2D eigenvalue weighted by Gasteiger charge is -2.25. The first-order valence-corrected chi connectivity index (χ1v) is 13.7. The van der Waals surface area contributed by atoms with Crippen LogP contribution in [0.25, 0.3) is 22.7 Å². The molecule has 2 aliphatic rings. The fourth-order valence-corrected chi connectivity index (χ4v) is 4.75. The molecule has 0 radical (unpaired) electrons. The maximum atomic E-state index is 12.2. The van der Waals surface area contributed by atoms with Crippen LogP contribution in [0, 0.1) is 5.92 Å². The lowest BCUT2D eigenvalue weighted by atomic mass is 9.82. The van der Waals surface area contributed by atoms with Gasteiger partial charge in [0.15, 0.2) is 28.6 Å². The van der Waals surface area contributed by atoms with Gasteiger partial charge in [0.25, 0.3) is 0 Å². The molecular weight excluding hydrogens is 496 g/mol. The number of para-hydroxylation sites is 1. The van der Waals surface area contributed by atoms with Crippen LogP contribution in [0.1, 0.15) is 37.7 Å². The van der Waals surface area contributed by atoms with Crippen molar-refractivity contribution in [3.8, 4) is 17.2 Å². The van der Waals surface area contributed by atoms with Crippen LogP contribution in [0.15, 0.2) is 40.7 Å². The van der Waals surface area contributed by atoms with Gasteiger partial charge in [0.2, 0.25) is 15.9 Å². The Labute approximate surface area is 214 Å². The number of hydrogen-bond acceptors (Lipinski definition) is 9. The van der Waals surface area contributed by atoms with Crippen molar-refractivity contribution in [1.82, 2.24) is 19.5 Å². The van der Waals surface area contributed by atoms with Crippen molar-refractivity contribution in [3.05, 3.63) is 47.3 Å². The van der Waals surface area contributed by atoms with Gasteiger partial charge in [-0.2, -0.15) is 0 Å². The van der Waals surface area contributed by atoms with Crippen molar-refractivity contribution in [1.29, 1.82) is 0 Å². The van der Waals surface area contributed by atoms with Crippen LogP contribution >= 0.6 is 0 Å². The van der Waals surface area contributed by atoms with E-state index in [1.54, 1.807) is 18.2 Å². The van der Waals surface area contributed by atoms with E-state index in [0.717, 1.165) is 25.5 Å². The van der Waals surface area contributed by atoms with Gasteiger partial charge in [0.1, 0.15) is 17.2 Å². The highest BCUT2D eigenvalue weighted by Crippen LogP contribution is 2.38. The van der Waals surface area contributed by atoms with Crippen LogP contribution in [0.4, 0.5) is 5.82 Å². The first-order valence-electron chi connectivity index (χ1n) is 11.8. The number of aromatic nitrogens is 4. The van der Waals surface area contributed by atoms with Gasteiger partial charge in [-0.15, -0.1) is 0 Å². The van der Waals surface area contributed by atoms with Gasteiger partial charge in [-0.05, 0) is 37.1 Å². The third-order valence-electron chi connectivity index (χ3n) is 6.09. The lowest BCUT2D eigenvalue weighted by Crippen LogP contribution is -2.19. The van der Waals surface area contributed by atoms with Crippen molar-refractivity contribution < 1.29 is 23.0 Å². The standard InChI is InChI=1S/C25H26N6O5S/c1-4-36-20-13-6-10-16(26-20)24-29-23-25(31(24)21-18(32)11-7-12-19(21)35-2)28-22(30-37(3,33)34)17(27-23)14-15-8-5-9-15/h7,11-13,15,32H,4-5,8-9,14H2,1-3H3,(H,28,30). The van der Waals surface area contributed by atoms with E-state index in [0.29, 0.717) is 36.3 Å². The molecule has 0 amide bonds. The predicted molar refractivity (Wildman–Crippen MR) is 138 cm³/mol. The van der Waals surface area contributed by atoms with Gasteiger partial charge in [0.05, 0.1) is 31.7 Å². The molecule has 2 aromatic heterocycles. The van der Waals surface area contributed by atoms with Crippen molar-refractivity contribution in [2.24, 2.45) is 10.9 Å². The number of fused-ring (bicyclic) bond motifs is 1. The summed E-state index contributed by atoms with van der Waals surface area (Å²) in [6, 6.07) is 4.82. The van der Waals surface area contributed by atoms with Crippen LogP contribution < -0.4 is 9.46 Å². The Morgan fingerprint density at radius 3 is 2.73 bits per heavy atom. The summed E-state index contributed by atoms with van der Waals surface area (Å²) in [5.41, 5.74) is 7.30. The van der Waals surface area contributed by atoms with Crippen molar-refractivity contribution in [2.45, 2.75) is 32.6 Å². The van der Waals surface area contributed by atoms with Gasteiger partial charge >= 0.3 is 0 Å². The molecule has 0 unspecified atom stereocenters. The molecule has 0 saturated heterocycles. The highest BCUT2D eigenvalue weighted by atomic mass is 32.2. The summed E-state index contributed by atoms with van der Waals surface area (Å²) in [6.45, 7) is 2.25. The van der Waals surface area contributed by atoms with Gasteiger partial charge < -0.3 is 14.6 Å². The fourth-order valence-electron chi connectivity index (χ4n) is 4.23. The first kappa shape index (κ1) is 24.6. The maximum absolute atomic E-state index is 12.2. The van der Waals surface area contributed by atoms with Crippen molar-refractivity contribution in [2.75, 3.05) is 24.7 Å². The molecule has 5 rings (SSSR count). The zero-order chi connectivity index (χ0) is 26.2. The molecule has 1 aliphatic heterocycles. The maximum Gasteiger partial charge on any atom is 0.231 e. The summed E-state index contributed by atoms with van der Waals surface area (Å²) in [5.74, 6) is 1.32. The van der Waals surface area contributed by atoms with Gasteiger partial charge in [-0.25, -0.2) is 28.4 Å². The Kier molecular flexibility index (Phi) is 6.47. The Morgan fingerprint density at radius 2 is 2.05 bits per heavy atom. The number of aliphatic imine (C=N–C) groups is 1. The molecule has 1 saturated carbocycles. The number of sulfonamides is 1. The molecule has 11 nitrogen and oxygen atoms in total. The third-order valence-corrected chi connectivity index (χ3v) is 6.65. The van der Waals surface area contributed by atoms with E-state index in [4.69, 9.17) is 19.4 Å². The number of ether oxygens (including phenoxy) is 2. The highest BCUT2D eigenvalue weighted by Gasteiger charge is 2.28. The second kappa shape index (κ2) is 9.74. The first-order chi connectivity index (χ1) is 17.8. The molecule has 12 heteroatoms. The zero-order valence-corrected chi connectivity index (χ0v) is 21.5. The molecule has 37 heavy (non-hydrogen) atoms. The number of nitrogens with one attached hydrogen (secondary N) is 1. The molecule has 2 N–H and O–H groups in total. The predicted octanol–water partition coefficient (Wildman–Crippen LogP) is 3.34. The van der Waals surface area contributed by atoms with Crippen molar-refractivity contribution in [3.63, 3.8) is 0 Å². The number of aromatic hydroxyl groups is 1. The van der Waals surface area contributed by atoms with E-state index in [2.05, 4.69) is 26.2 Å². The van der Waals surface area contributed by atoms with Crippen LogP contribution in [-0.2, 0) is 21.2 Å². The van der Waals surface area contributed by atoms with E-state index in [1.807, 2.05) is 6.92 Å². The zero-order valence-electron chi connectivity index (χ0n) is 20.6. The molecule has 192 valence electrons. The Balaban J connectivity index is 1.81. The second-order valence-corrected chi connectivity index (χ2v) is 10.5. The minimum absolute atomic E-state index is 0.109. The average Bonchev–Trinajstić information content (AvgIpc) is 3.18. The molecule has 1 fully saturated rings. The Hall–Kier alpha value is -4.11. The monoisotopic (exact) mass is 522 g/mol. The molecule has 0 atom stereocenters. The fraction of sp³-hybridized carbons (Fsp3) is 0.360. The lowest BCUT2D eigenvalue weighted by molar-refractivity contribution is 0.312. The van der Waals surface area contributed by atoms with E-state index in [-0.39, 0.29) is 40.1 Å². The number of imidazole rings is 1. The van der Waals surface area contributed by atoms with Gasteiger partial charge in [-0.1, -0.05) is 31.1 Å². The molecule has 3 aromatic rings. The summed E-state index contributed by atoms with van der Waals surface area (Å²) in [4.78, 5) is 18.6. The topological polar surface area (TPSA) is 141 Å². The minimum atomic E-state index is -3.64. The van der Waals surface area contributed by atoms with Gasteiger partial charge in [0, 0.05) is 0 Å². The van der Waals surface area contributed by atoms with E-state index >= 15 is 0 Å². The average molecular weight is 523 g/mol. The normalized spacial score (nSPS) is 15.3. The number of anilines is 1. The Morgan fingerprint density at radius 1 is 1.24 bits per heavy atom. The highest BCUT2D eigenvalue weighted by molar-refractivity contribution is 7.92. The smallest absolute Gasteiger partial charge is 0.231 e. The minimum Gasteiger partial charge on any atom is -0.506 e. The summed E-state index contributed by atoms with van der Waals surface area (Å²) in [6.07, 6.45) is 6.42. The van der Waals surface area contributed by atoms with Crippen LogP contribution in [0.2, 0.25) is 0 Å². The number of phenolic OH excluding ortho intramolecular Hbond substituents is 1. The quantitative estimate of drug-likeness (QED) is 0.429. The van der Waals surface area contributed by atoms with E-state index < -0.39 is 10.0 Å². The van der Waals surface area contributed by atoms with Gasteiger partial charge in [-0.3, -0.25) is 9.29 Å². The van der Waals surface area contributed by atoms with E-state index in [9.17, 15) is 13.5 Å². The molecule has 0 bridgehead atoms. The summed E-state index contributed by atoms with van der Waals surface area (Å²) < 4.78 is 39.5. The third kappa shape index (κ3) is 4.95. The van der Waals surface area contributed by atoms with Crippen molar-refractivity contribution >= 4 is 38.7 Å². The number of phenols is 1. The number of rotatable bonds is 8. The molecule has 0 spiro atoms. The molecule has 3 heterocycles. The largest absolute Gasteiger partial charge is 0.506 e. The second-order valence-electron chi connectivity index (χ2n) is 8.79. The van der Waals surface area contributed by atoms with E-state index in [1.165, 1.54) is 17.7 Å². The summed E-state index contributed by atoms with van der Waals surface area (Å²) >= 11 is 0. The Bertz CT molecular complexity index is 1620. The number of nitrogens with zero attached hydrogens (tertiary/aromatic N) is 5. The molecule has 1 aromatic carbocycles. The van der Waals surface area contributed by atoms with Crippen LogP contribution in [0.3, 0.4) is 0 Å². The van der Waals surface area contributed by atoms with Crippen LogP contribution in [-0.4, -0.2) is 58.9 Å².